The Balaban J connectivity index is 2.13. The third-order valence-electron chi connectivity index (χ3n) is 2.99. The Kier molecular flexibility index (Phi) is 4.90. The average molecular weight is 354 g/mol. The molecule has 0 aliphatic heterocycles. The van der Waals surface area contributed by atoms with E-state index in [0.29, 0.717) is 23.6 Å². The van der Waals surface area contributed by atoms with Gasteiger partial charge in [-0.25, -0.2) is 4.79 Å². The van der Waals surface area contributed by atoms with E-state index in [1.807, 2.05) is 18.2 Å². The molecule has 21 heavy (non-hydrogen) atoms. The molecule has 112 valence electrons. The quantitative estimate of drug-likeness (QED) is 0.829. The molecule has 1 heterocycles. The van der Waals surface area contributed by atoms with E-state index in [4.69, 9.17) is 13.9 Å². The van der Waals surface area contributed by atoms with Crippen LogP contribution in [0.2, 0.25) is 0 Å². The average Bonchev–Trinajstić information content (AvgIpc) is 2.85. The third-order valence-corrected chi connectivity index (χ3v) is 3.48. The lowest BCUT2D eigenvalue weighted by atomic mass is 10.2. The van der Waals surface area contributed by atoms with Gasteiger partial charge >= 0.3 is 5.97 Å². The maximum Gasteiger partial charge on any atom is 0.341 e. The summed E-state index contributed by atoms with van der Waals surface area (Å²) in [4.78, 5) is 11.5. The van der Waals surface area contributed by atoms with Crippen molar-refractivity contribution in [2.24, 2.45) is 0 Å². The van der Waals surface area contributed by atoms with Crippen LogP contribution in [0.25, 0.3) is 0 Å². The molecule has 5 nitrogen and oxygen atoms in total. The minimum absolute atomic E-state index is 0.400. The van der Waals surface area contributed by atoms with Crippen LogP contribution < -0.4 is 10.1 Å². The van der Waals surface area contributed by atoms with Gasteiger partial charge in [-0.1, -0.05) is 15.9 Å². The maximum absolute atomic E-state index is 11.5. The molecule has 1 aromatic heterocycles. The summed E-state index contributed by atoms with van der Waals surface area (Å²) in [5.74, 6) is 1.52. The Morgan fingerprint density at radius 2 is 2.10 bits per heavy atom. The van der Waals surface area contributed by atoms with Crippen molar-refractivity contribution in [3.8, 4) is 5.75 Å². The molecule has 0 aliphatic rings. The molecule has 2 rings (SSSR count). The maximum atomic E-state index is 11.5. The van der Waals surface area contributed by atoms with Gasteiger partial charge in [0, 0.05) is 4.47 Å². The molecule has 0 spiro atoms. The van der Waals surface area contributed by atoms with Crippen LogP contribution in [0.4, 0.5) is 5.69 Å². The van der Waals surface area contributed by atoms with Crippen molar-refractivity contribution in [2.75, 3.05) is 19.5 Å². The Hall–Kier alpha value is -1.95. The lowest BCUT2D eigenvalue weighted by Crippen LogP contribution is -2.02. The highest BCUT2D eigenvalue weighted by atomic mass is 79.9. The first-order valence-electron chi connectivity index (χ1n) is 6.30. The molecule has 1 N–H and O–H groups in total. The molecule has 0 atom stereocenters. The number of benzene rings is 1. The van der Waals surface area contributed by atoms with Crippen LogP contribution >= 0.6 is 15.9 Å². The molecule has 0 fully saturated rings. The first-order chi connectivity index (χ1) is 10.0. The van der Waals surface area contributed by atoms with Crippen LogP contribution in [0.5, 0.6) is 5.75 Å². The fraction of sp³-hybridized carbons (Fsp3) is 0.267. The molecule has 0 amide bonds. The van der Waals surface area contributed by atoms with Crippen LogP contribution in [0.15, 0.2) is 33.2 Å². The number of hydrogen-bond donors (Lipinski definition) is 1. The predicted octanol–water partition coefficient (Wildman–Crippen LogP) is 3.76. The predicted molar refractivity (Wildman–Crippen MR) is 82.8 cm³/mol. The molecular weight excluding hydrogens is 338 g/mol. The number of aryl methyl sites for hydroxylation is 1. The van der Waals surface area contributed by atoms with E-state index in [9.17, 15) is 4.79 Å². The minimum Gasteiger partial charge on any atom is -0.495 e. The number of furan rings is 1. The molecule has 0 radical (unpaired) electrons. The van der Waals surface area contributed by atoms with Crippen molar-refractivity contribution in [2.45, 2.75) is 13.5 Å². The molecule has 1 aromatic carbocycles. The summed E-state index contributed by atoms with van der Waals surface area (Å²) in [6.07, 6.45) is 0. The number of hydrogen-bond acceptors (Lipinski definition) is 5. The summed E-state index contributed by atoms with van der Waals surface area (Å²) in [7, 11) is 2.96. The van der Waals surface area contributed by atoms with Crippen molar-refractivity contribution in [1.29, 1.82) is 0 Å². The van der Waals surface area contributed by atoms with Crippen LogP contribution in [0.1, 0.15) is 21.9 Å². The van der Waals surface area contributed by atoms with Crippen molar-refractivity contribution < 1.29 is 18.7 Å². The molecule has 0 saturated carbocycles. The molecule has 6 heteroatoms. The van der Waals surface area contributed by atoms with Crippen LogP contribution in [0.3, 0.4) is 0 Å². The van der Waals surface area contributed by atoms with Gasteiger partial charge < -0.3 is 19.2 Å². The third kappa shape index (κ3) is 3.58. The normalized spacial score (nSPS) is 10.3. The van der Waals surface area contributed by atoms with Crippen molar-refractivity contribution >= 4 is 27.6 Å². The van der Waals surface area contributed by atoms with E-state index in [1.165, 1.54) is 7.11 Å². The van der Waals surface area contributed by atoms with Gasteiger partial charge in [0.1, 0.15) is 22.8 Å². The van der Waals surface area contributed by atoms with Crippen LogP contribution in [0, 0.1) is 6.92 Å². The topological polar surface area (TPSA) is 60.7 Å². The SMILES string of the molecule is COC(=O)c1cc(CNc2cc(Br)ccc2OC)oc1C. The number of anilines is 1. The van der Waals surface area contributed by atoms with Gasteiger partial charge in [0.2, 0.25) is 0 Å². The van der Waals surface area contributed by atoms with Crippen molar-refractivity contribution in [3.63, 3.8) is 0 Å². The van der Waals surface area contributed by atoms with Gasteiger partial charge in [0.15, 0.2) is 0 Å². The summed E-state index contributed by atoms with van der Waals surface area (Å²) in [6.45, 7) is 2.17. The first-order valence-corrected chi connectivity index (χ1v) is 7.09. The van der Waals surface area contributed by atoms with E-state index in [2.05, 4.69) is 21.2 Å². The smallest absolute Gasteiger partial charge is 0.341 e. The zero-order chi connectivity index (χ0) is 15.4. The molecule has 2 aromatic rings. The summed E-state index contributed by atoms with van der Waals surface area (Å²) in [5.41, 5.74) is 1.27. The van der Waals surface area contributed by atoms with Crippen molar-refractivity contribution in [3.05, 3.63) is 45.8 Å². The van der Waals surface area contributed by atoms with E-state index >= 15 is 0 Å². The highest BCUT2D eigenvalue weighted by molar-refractivity contribution is 9.10. The minimum atomic E-state index is -0.400. The second-order valence-corrected chi connectivity index (χ2v) is 5.29. The molecule has 0 bridgehead atoms. The lowest BCUT2D eigenvalue weighted by molar-refractivity contribution is 0.0599. The molecule has 0 saturated heterocycles. The molecular formula is C15H16BrNO4. The Labute approximate surface area is 131 Å². The Morgan fingerprint density at radius 3 is 2.76 bits per heavy atom. The van der Waals surface area contributed by atoms with Gasteiger partial charge in [-0.05, 0) is 31.2 Å². The fourth-order valence-electron chi connectivity index (χ4n) is 1.94. The standard InChI is InChI=1S/C15H16BrNO4/c1-9-12(15(18)20-3)7-11(21-9)8-17-13-6-10(16)4-5-14(13)19-2/h4-7,17H,8H2,1-3H3. The Bertz CT molecular complexity index is 651. The zero-order valence-corrected chi connectivity index (χ0v) is 13.6. The van der Waals surface area contributed by atoms with Crippen molar-refractivity contribution in [1.82, 2.24) is 0 Å². The van der Waals surface area contributed by atoms with E-state index < -0.39 is 5.97 Å². The van der Waals surface area contributed by atoms with Gasteiger partial charge in [-0.3, -0.25) is 0 Å². The highest BCUT2D eigenvalue weighted by Gasteiger charge is 2.15. The number of carbonyl (C=O) groups is 1. The summed E-state index contributed by atoms with van der Waals surface area (Å²) < 4.78 is 16.5. The monoisotopic (exact) mass is 353 g/mol. The van der Waals surface area contributed by atoms with Crippen LogP contribution in [-0.2, 0) is 11.3 Å². The van der Waals surface area contributed by atoms with E-state index in [0.717, 1.165) is 15.9 Å². The van der Waals surface area contributed by atoms with Gasteiger partial charge in [0.25, 0.3) is 0 Å². The molecule has 0 unspecified atom stereocenters. The second kappa shape index (κ2) is 6.67. The summed E-state index contributed by atoms with van der Waals surface area (Å²) in [6, 6.07) is 7.35. The molecule has 0 aliphatic carbocycles. The number of ether oxygens (including phenoxy) is 2. The number of nitrogens with one attached hydrogen (secondary N) is 1. The zero-order valence-electron chi connectivity index (χ0n) is 12.0. The summed E-state index contributed by atoms with van der Waals surface area (Å²) in [5, 5.41) is 3.22. The number of esters is 1. The number of methoxy groups -OCH3 is 2. The van der Waals surface area contributed by atoms with Crippen LogP contribution in [-0.4, -0.2) is 20.2 Å². The van der Waals surface area contributed by atoms with E-state index in [-0.39, 0.29) is 0 Å². The van der Waals surface area contributed by atoms with Gasteiger partial charge in [-0.2, -0.15) is 0 Å². The van der Waals surface area contributed by atoms with Gasteiger partial charge in [0.05, 0.1) is 26.5 Å². The van der Waals surface area contributed by atoms with E-state index in [1.54, 1.807) is 20.1 Å². The second-order valence-electron chi connectivity index (χ2n) is 4.37. The summed E-state index contributed by atoms with van der Waals surface area (Å²) >= 11 is 3.42. The number of rotatable bonds is 5. The highest BCUT2D eigenvalue weighted by Crippen LogP contribution is 2.28. The fourth-order valence-corrected chi connectivity index (χ4v) is 2.31. The number of halogens is 1. The van der Waals surface area contributed by atoms with Gasteiger partial charge in [-0.15, -0.1) is 0 Å². The number of carbonyl (C=O) groups excluding carboxylic acids is 1. The first kappa shape index (κ1) is 15.4. The Morgan fingerprint density at radius 1 is 1.33 bits per heavy atom. The lowest BCUT2D eigenvalue weighted by Gasteiger charge is -2.10. The largest absolute Gasteiger partial charge is 0.495 e.